The van der Waals surface area contributed by atoms with Gasteiger partial charge in [-0.1, -0.05) is 35.8 Å². The van der Waals surface area contributed by atoms with Gasteiger partial charge in [-0.15, -0.1) is 0 Å². The monoisotopic (exact) mass is 321 g/mol. The number of aryl methyl sites for hydroxylation is 1. The van der Waals surface area contributed by atoms with Crippen LogP contribution in [-0.2, 0) is 6.54 Å². The van der Waals surface area contributed by atoms with E-state index < -0.39 is 0 Å². The zero-order chi connectivity index (χ0) is 13.8. The summed E-state index contributed by atoms with van der Waals surface area (Å²) in [6, 6.07) is 6.33. The van der Waals surface area contributed by atoms with Gasteiger partial charge >= 0.3 is 0 Å². The van der Waals surface area contributed by atoms with E-state index in [1.54, 1.807) is 0 Å². The summed E-state index contributed by atoms with van der Waals surface area (Å²) in [5.41, 5.74) is 3.55. The maximum Gasteiger partial charge on any atom is 0.0701 e. The van der Waals surface area contributed by atoms with Gasteiger partial charge in [-0.25, -0.2) is 4.68 Å². The largest absolute Gasteiger partial charge is 0.312 e. The summed E-state index contributed by atoms with van der Waals surface area (Å²) in [6.07, 6.45) is 3.93. The van der Waals surface area contributed by atoms with Gasteiger partial charge in [-0.3, -0.25) is 0 Å². The third-order valence-corrected chi connectivity index (χ3v) is 3.37. The number of nitrogens with zero attached hydrogens (tertiary/aromatic N) is 2. The van der Waals surface area contributed by atoms with Crippen LogP contribution in [-0.4, -0.2) is 16.3 Å². The Morgan fingerprint density at radius 2 is 2.16 bits per heavy atom. The van der Waals surface area contributed by atoms with Gasteiger partial charge in [0.25, 0.3) is 0 Å². The van der Waals surface area contributed by atoms with Gasteiger partial charge in [-0.05, 0) is 42.6 Å². The molecule has 102 valence electrons. The van der Waals surface area contributed by atoms with Crippen LogP contribution in [0.3, 0.4) is 0 Å². The quantitative estimate of drug-likeness (QED) is 0.910. The smallest absolute Gasteiger partial charge is 0.0701 e. The summed E-state index contributed by atoms with van der Waals surface area (Å²) >= 11 is 3.53. The van der Waals surface area contributed by atoms with Crippen molar-refractivity contribution in [2.24, 2.45) is 5.92 Å². The molecule has 2 aromatic rings. The summed E-state index contributed by atoms with van der Waals surface area (Å²) in [6.45, 7) is 8.37. The Morgan fingerprint density at radius 3 is 2.79 bits per heavy atom. The molecule has 0 aliphatic carbocycles. The lowest BCUT2D eigenvalue weighted by Gasteiger charge is -2.12. The molecule has 0 fully saturated rings. The molecule has 0 spiro atoms. The minimum absolute atomic E-state index is 0.658. The van der Waals surface area contributed by atoms with E-state index in [1.165, 1.54) is 11.1 Å². The maximum atomic E-state index is 4.40. The van der Waals surface area contributed by atoms with Crippen LogP contribution in [0.4, 0.5) is 0 Å². The lowest BCUT2D eigenvalue weighted by Crippen LogP contribution is -2.20. The lowest BCUT2D eigenvalue weighted by molar-refractivity contribution is 0.551. The van der Waals surface area contributed by atoms with Gasteiger partial charge in [0.2, 0.25) is 0 Å². The maximum absolute atomic E-state index is 4.40. The minimum Gasteiger partial charge on any atom is -0.312 e. The fourth-order valence-corrected chi connectivity index (χ4v) is 2.29. The number of nitrogens with one attached hydrogen (secondary N) is 1. The molecule has 0 amide bonds. The summed E-state index contributed by atoms with van der Waals surface area (Å²) < 4.78 is 3.01. The molecule has 0 atom stereocenters. The number of benzene rings is 1. The van der Waals surface area contributed by atoms with E-state index in [0.29, 0.717) is 5.92 Å². The molecule has 2 rings (SSSR count). The molecule has 1 N–H and O–H groups in total. The van der Waals surface area contributed by atoms with Crippen molar-refractivity contribution in [2.45, 2.75) is 27.3 Å². The van der Waals surface area contributed by atoms with Gasteiger partial charge in [0.15, 0.2) is 0 Å². The van der Waals surface area contributed by atoms with E-state index in [1.807, 2.05) is 17.1 Å². The van der Waals surface area contributed by atoms with Crippen LogP contribution < -0.4 is 5.32 Å². The average molecular weight is 322 g/mol. The Hall–Kier alpha value is -1.13. The molecule has 0 radical (unpaired) electrons. The van der Waals surface area contributed by atoms with Crippen LogP contribution in [0.15, 0.2) is 35.1 Å². The Kier molecular flexibility index (Phi) is 4.77. The first-order chi connectivity index (χ1) is 9.06. The topological polar surface area (TPSA) is 29.9 Å². The standard InChI is InChI=1S/C15H20BrN3/c1-11(2)7-17-9-13-4-5-14(16)6-15(13)19-10-12(3)8-18-19/h4-6,8,10-11,17H,7,9H2,1-3H3. The number of aromatic nitrogens is 2. The van der Waals surface area contributed by atoms with E-state index in [2.05, 4.69) is 65.3 Å². The summed E-state index contributed by atoms with van der Waals surface area (Å²) in [4.78, 5) is 0. The summed E-state index contributed by atoms with van der Waals surface area (Å²) in [5, 5.41) is 7.88. The molecule has 4 heteroatoms. The Bertz CT molecular complexity index is 546. The van der Waals surface area contributed by atoms with Crippen molar-refractivity contribution in [3.05, 3.63) is 46.2 Å². The Balaban J connectivity index is 2.23. The molecule has 1 heterocycles. The zero-order valence-electron chi connectivity index (χ0n) is 11.7. The van der Waals surface area contributed by atoms with Crippen molar-refractivity contribution < 1.29 is 0 Å². The Labute approximate surface area is 123 Å². The predicted molar refractivity (Wildman–Crippen MR) is 82.5 cm³/mol. The van der Waals surface area contributed by atoms with Crippen molar-refractivity contribution in [1.82, 2.24) is 15.1 Å². The van der Waals surface area contributed by atoms with E-state index in [4.69, 9.17) is 0 Å². The van der Waals surface area contributed by atoms with Crippen LogP contribution in [0, 0.1) is 12.8 Å². The second-order valence-corrected chi connectivity index (χ2v) is 6.18. The SMILES string of the molecule is Cc1cnn(-c2cc(Br)ccc2CNCC(C)C)c1. The lowest BCUT2D eigenvalue weighted by atomic mass is 10.1. The van der Waals surface area contributed by atoms with Gasteiger partial charge in [-0.2, -0.15) is 5.10 Å². The van der Waals surface area contributed by atoms with E-state index in [0.717, 1.165) is 23.2 Å². The van der Waals surface area contributed by atoms with E-state index >= 15 is 0 Å². The minimum atomic E-state index is 0.658. The number of hydrogen-bond donors (Lipinski definition) is 1. The van der Waals surface area contributed by atoms with E-state index in [9.17, 15) is 0 Å². The predicted octanol–water partition coefficient (Wildman–Crippen LogP) is 3.69. The first-order valence-electron chi connectivity index (χ1n) is 6.57. The zero-order valence-corrected chi connectivity index (χ0v) is 13.2. The number of hydrogen-bond acceptors (Lipinski definition) is 2. The fraction of sp³-hybridized carbons (Fsp3) is 0.400. The van der Waals surface area contributed by atoms with E-state index in [-0.39, 0.29) is 0 Å². The van der Waals surface area contributed by atoms with Gasteiger partial charge in [0.1, 0.15) is 0 Å². The molecule has 0 saturated heterocycles. The average Bonchev–Trinajstić information content (AvgIpc) is 2.77. The van der Waals surface area contributed by atoms with Crippen LogP contribution in [0.1, 0.15) is 25.0 Å². The highest BCUT2D eigenvalue weighted by molar-refractivity contribution is 9.10. The van der Waals surface area contributed by atoms with Crippen LogP contribution in [0.25, 0.3) is 5.69 Å². The molecular weight excluding hydrogens is 302 g/mol. The van der Waals surface area contributed by atoms with Crippen molar-refractivity contribution >= 4 is 15.9 Å². The second kappa shape index (κ2) is 6.35. The molecule has 19 heavy (non-hydrogen) atoms. The highest BCUT2D eigenvalue weighted by atomic mass is 79.9. The first-order valence-corrected chi connectivity index (χ1v) is 7.36. The van der Waals surface area contributed by atoms with Crippen molar-refractivity contribution in [1.29, 1.82) is 0 Å². The van der Waals surface area contributed by atoms with Gasteiger partial charge in [0, 0.05) is 17.2 Å². The third-order valence-electron chi connectivity index (χ3n) is 2.87. The van der Waals surface area contributed by atoms with Gasteiger partial charge in [0.05, 0.1) is 11.9 Å². The molecule has 0 aliphatic heterocycles. The molecule has 1 aromatic heterocycles. The summed E-state index contributed by atoms with van der Waals surface area (Å²) in [5.74, 6) is 0.658. The van der Waals surface area contributed by atoms with Crippen molar-refractivity contribution in [3.8, 4) is 5.69 Å². The molecule has 0 bridgehead atoms. The molecule has 0 unspecified atom stereocenters. The molecule has 3 nitrogen and oxygen atoms in total. The number of rotatable bonds is 5. The highest BCUT2D eigenvalue weighted by Crippen LogP contribution is 2.20. The van der Waals surface area contributed by atoms with Gasteiger partial charge < -0.3 is 5.32 Å². The van der Waals surface area contributed by atoms with Crippen LogP contribution in [0.2, 0.25) is 0 Å². The van der Waals surface area contributed by atoms with Crippen LogP contribution in [0.5, 0.6) is 0 Å². The third kappa shape index (κ3) is 3.91. The first kappa shape index (κ1) is 14.3. The Morgan fingerprint density at radius 1 is 1.37 bits per heavy atom. The fourth-order valence-electron chi connectivity index (χ4n) is 1.94. The molecular formula is C15H20BrN3. The summed E-state index contributed by atoms with van der Waals surface area (Å²) in [7, 11) is 0. The molecule has 1 aromatic carbocycles. The molecule has 0 aliphatic rings. The van der Waals surface area contributed by atoms with Crippen LogP contribution >= 0.6 is 15.9 Å². The normalized spacial score (nSPS) is 11.2. The van der Waals surface area contributed by atoms with Crippen molar-refractivity contribution in [3.63, 3.8) is 0 Å². The van der Waals surface area contributed by atoms with Crippen molar-refractivity contribution in [2.75, 3.05) is 6.54 Å². The highest BCUT2D eigenvalue weighted by Gasteiger charge is 2.07. The number of halogens is 1. The molecule has 0 saturated carbocycles. The second-order valence-electron chi connectivity index (χ2n) is 5.26.